The predicted octanol–water partition coefficient (Wildman–Crippen LogP) is 0.680. The molecule has 3 nitrogen and oxygen atoms in total. The lowest BCUT2D eigenvalue weighted by Crippen LogP contribution is -2.52. The van der Waals surface area contributed by atoms with Gasteiger partial charge in [0.25, 0.3) is 0 Å². The van der Waals surface area contributed by atoms with Crippen molar-refractivity contribution < 1.29 is 5.11 Å². The quantitative estimate of drug-likeness (QED) is 0.726. The second kappa shape index (κ2) is 4.04. The SMILES string of the molecule is O[C@H]1CCC[C@@H]1N1CCN(C2CC2)CC1. The van der Waals surface area contributed by atoms with Gasteiger partial charge in [-0.15, -0.1) is 0 Å². The van der Waals surface area contributed by atoms with Crippen molar-refractivity contribution in [1.82, 2.24) is 9.80 Å². The van der Waals surface area contributed by atoms with Gasteiger partial charge in [0.1, 0.15) is 0 Å². The first kappa shape index (κ1) is 10.1. The maximum atomic E-state index is 9.87. The van der Waals surface area contributed by atoms with Crippen LogP contribution in [0.1, 0.15) is 32.1 Å². The Bertz CT molecular complexity index is 222. The third kappa shape index (κ3) is 2.05. The Balaban J connectivity index is 1.52. The van der Waals surface area contributed by atoms with Gasteiger partial charge < -0.3 is 5.11 Å². The average Bonchev–Trinajstić information content (AvgIpc) is 3.02. The van der Waals surface area contributed by atoms with Crippen LogP contribution in [-0.4, -0.2) is 59.3 Å². The highest BCUT2D eigenvalue weighted by Crippen LogP contribution is 2.30. The molecule has 3 heteroatoms. The number of aliphatic hydroxyl groups is 1. The van der Waals surface area contributed by atoms with Crippen molar-refractivity contribution in [2.24, 2.45) is 0 Å². The van der Waals surface area contributed by atoms with Crippen molar-refractivity contribution in [3.63, 3.8) is 0 Å². The molecule has 0 bridgehead atoms. The first-order valence-electron chi connectivity index (χ1n) is 6.51. The second-order valence-electron chi connectivity index (χ2n) is 5.37. The molecule has 0 radical (unpaired) electrons. The molecule has 3 rings (SSSR count). The van der Waals surface area contributed by atoms with Crippen molar-refractivity contribution in [3.8, 4) is 0 Å². The van der Waals surface area contributed by atoms with Crippen molar-refractivity contribution in [2.75, 3.05) is 26.2 Å². The molecule has 1 heterocycles. The fourth-order valence-electron chi connectivity index (χ4n) is 3.22. The Kier molecular flexibility index (Phi) is 2.71. The van der Waals surface area contributed by atoms with Gasteiger partial charge >= 0.3 is 0 Å². The largest absolute Gasteiger partial charge is 0.391 e. The standard InChI is InChI=1S/C12H22N2O/c15-12-3-1-2-11(12)14-8-6-13(7-9-14)10-4-5-10/h10-12,15H,1-9H2/t11-,12-/m0/s1. The molecule has 3 fully saturated rings. The van der Waals surface area contributed by atoms with Gasteiger partial charge in [0.05, 0.1) is 6.10 Å². The highest BCUT2D eigenvalue weighted by molar-refractivity contribution is 4.91. The second-order valence-corrected chi connectivity index (χ2v) is 5.37. The van der Waals surface area contributed by atoms with Crippen LogP contribution in [0.3, 0.4) is 0 Å². The van der Waals surface area contributed by atoms with Gasteiger partial charge in [-0.3, -0.25) is 9.80 Å². The number of hydrogen-bond acceptors (Lipinski definition) is 3. The van der Waals surface area contributed by atoms with E-state index in [1.165, 1.54) is 51.9 Å². The molecule has 3 aliphatic rings. The Hall–Kier alpha value is -0.120. The van der Waals surface area contributed by atoms with E-state index in [0.717, 1.165) is 12.5 Å². The van der Waals surface area contributed by atoms with Crippen LogP contribution in [0.25, 0.3) is 0 Å². The summed E-state index contributed by atoms with van der Waals surface area (Å²) in [7, 11) is 0. The van der Waals surface area contributed by atoms with Crippen LogP contribution in [-0.2, 0) is 0 Å². The molecular formula is C12H22N2O. The van der Waals surface area contributed by atoms with Crippen LogP contribution in [0.15, 0.2) is 0 Å². The first-order valence-corrected chi connectivity index (χ1v) is 6.51. The molecule has 2 saturated carbocycles. The molecule has 1 saturated heterocycles. The molecule has 1 N–H and O–H groups in total. The maximum absolute atomic E-state index is 9.87. The molecule has 0 spiro atoms. The van der Waals surface area contributed by atoms with Crippen LogP contribution >= 0.6 is 0 Å². The minimum absolute atomic E-state index is 0.0440. The van der Waals surface area contributed by atoms with E-state index in [9.17, 15) is 5.11 Å². The van der Waals surface area contributed by atoms with E-state index < -0.39 is 0 Å². The molecule has 2 aliphatic carbocycles. The highest BCUT2D eigenvalue weighted by Gasteiger charge is 2.35. The fraction of sp³-hybridized carbons (Fsp3) is 1.00. The van der Waals surface area contributed by atoms with E-state index in [1.54, 1.807) is 0 Å². The topological polar surface area (TPSA) is 26.7 Å². The molecule has 15 heavy (non-hydrogen) atoms. The monoisotopic (exact) mass is 210 g/mol. The molecule has 0 amide bonds. The smallest absolute Gasteiger partial charge is 0.0695 e. The summed E-state index contributed by atoms with van der Waals surface area (Å²) in [6.07, 6.45) is 6.25. The van der Waals surface area contributed by atoms with E-state index in [0.29, 0.717) is 6.04 Å². The van der Waals surface area contributed by atoms with E-state index >= 15 is 0 Å². The first-order chi connectivity index (χ1) is 7.34. The zero-order valence-electron chi connectivity index (χ0n) is 9.44. The number of nitrogens with zero attached hydrogens (tertiary/aromatic N) is 2. The van der Waals surface area contributed by atoms with Gasteiger partial charge in [0.2, 0.25) is 0 Å². The van der Waals surface area contributed by atoms with Gasteiger partial charge in [0, 0.05) is 38.3 Å². The van der Waals surface area contributed by atoms with E-state index in [1.807, 2.05) is 0 Å². The fourth-order valence-corrected chi connectivity index (χ4v) is 3.22. The zero-order chi connectivity index (χ0) is 10.3. The van der Waals surface area contributed by atoms with Gasteiger partial charge in [-0.05, 0) is 32.1 Å². The van der Waals surface area contributed by atoms with Crippen LogP contribution < -0.4 is 0 Å². The van der Waals surface area contributed by atoms with Crippen molar-refractivity contribution in [2.45, 2.75) is 50.3 Å². The van der Waals surface area contributed by atoms with Gasteiger partial charge in [-0.2, -0.15) is 0 Å². The number of hydrogen-bond donors (Lipinski definition) is 1. The summed E-state index contributed by atoms with van der Waals surface area (Å²) in [4.78, 5) is 5.16. The van der Waals surface area contributed by atoms with E-state index in [-0.39, 0.29) is 6.10 Å². The lowest BCUT2D eigenvalue weighted by atomic mass is 10.1. The lowest BCUT2D eigenvalue weighted by Gasteiger charge is -2.39. The Morgan fingerprint density at radius 2 is 1.47 bits per heavy atom. The molecule has 2 atom stereocenters. The summed E-state index contributed by atoms with van der Waals surface area (Å²) >= 11 is 0. The normalized spacial score (nSPS) is 39.8. The van der Waals surface area contributed by atoms with Crippen molar-refractivity contribution in [1.29, 1.82) is 0 Å². The predicted molar refractivity (Wildman–Crippen MR) is 59.8 cm³/mol. The van der Waals surface area contributed by atoms with Gasteiger partial charge in [-0.1, -0.05) is 0 Å². The van der Waals surface area contributed by atoms with Crippen molar-refractivity contribution in [3.05, 3.63) is 0 Å². The minimum atomic E-state index is -0.0440. The maximum Gasteiger partial charge on any atom is 0.0695 e. The summed E-state index contributed by atoms with van der Waals surface area (Å²) < 4.78 is 0. The highest BCUT2D eigenvalue weighted by atomic mass is 16.3. The van der Waals surface area contributed by atoms with E-state index in [4.69, 9.17) is 0 Å². The molecule has 0 aromatic carbocycles. The molecule has 0 aromatic rings. The van der Waals surface area contributed by atoms with E-state index in [2.05, 4.69) is 9.80 Å². The van der Waals surface area contributed by atoms with Crippen LogP contribution in [0.4, 0.5) is 0 Å². The molecular weight excluding hydrogens is 188 g/mol. The Morgan fingerprint density at radius 1 is 0.800 bits per heavy atom. The number of aliphatic hydroxyl groups excluding tert-OH is 1. The summed E-state index contributed by atoms with van der Waals surface area (Å²) in [6.45, 7) is 4.82. The average molecular weight is 210 g/mol. The summed E-state index contributed by atoms with van der Waals surface area (Å²) in [6, 6.07) is 1.40. The van der Waals surface area contributed by atoms with Crippen LogP contribution in [0, 0.1) is 0 Å². The molecule has 0 aromatic heterocycles. The molecule has 0 unspecified atom stereocenters. The van der Waals surface area contributed by atoms with Crippen LogP contribution in [0.5, 0.6) is 0 Å². The summed E-state index contributed by atoms with van der Waals surface area (Å²) in [5.74, 6) is 0. The summed E-state index contributed by atoms with van der Waals surface area (Å²) in [5.41, 5.74) is 0. The van der Waals surface area contributed by atoms with Crippen molar-refractivity contribution >= 4 is 0 Å². The molecule has 1 aliphatic heterocycles. The lowest BCUT2D eigenvalue weighted by molar-refractivity contribution is 0.0335. The van der Waals surface area contributed by atoms with Gasteiger partial charge in [0.15, 0.2) is 0 Å². The Labute approximate surface area is 92.1 Å². The zero-order valence-corrected chi connectivity index (χ0v) is 9.44. The van der Waals surface area contributed by atoms with Gasteiger partial charge in [-0.25, -0.2) is 0 Å². The minimum Gasteiger partial charge on any atom is -0.391 e. The summed E-state index contributed by atoms with van der Waals surface area (Å²) in [5, 5.41) is 9.87. The third-order valence-electron chi connectivity index (χ3n) is 4.33. The Morgan fingerprint density at radius 3 is 2.00 bits per heavy atom. The third-order valence-corrected chi connectivity index (χ3v) is 4.33. The van der Waals surface area contributed by atoms with Crippen LogP contribution in [0.2, 0.25) is 0 Å². The molecule has 86 valence electrons. The number of rotatable bonds is 2. The number of piperazine rings is 1.